The molecule has 0 aliphatic heterocycles. The number of hydrogen-bond donors (Lipinski definition) is 1. The molecule has 0 aromatic heterocycles. The Kier molecular flexibility index (Phi) is 6.69. The Morgan fingerprint density at radius 2 is 0.711 bits per heavy atom. The summed E-state index contributed by atoms with van der Waals surface area (Å²) in [6, 6.07) is 57.4. The second kappa shape index (κ2) is 10.9. The molecule has 0 aliphatic carbocycles. The predicted octanol–water partition coefficient (Wildman–Crippen LogP) is 10.2. The highest BCUT2D eigenvalue weighted by molar-refractivity contribution is 5.80. The summed E-state index contributed by atoms with van der Waals surface area (Å²) < 4.78 is 0. The average molecular weight is 489 g/mol. The minimum Gasteiger partial charge on any atom is -0.356 e. The van der Waals surface area contributed by atoms with Gasteiger partial charge in [0.1, 0.15) is 0 Å². The highest BCUT2D eigenvalue weighted by Gasteiger charge is 2.12. The molecule has 6 aromatic carbocycles. The molecule has 2 nitrogen and oxygen atoms in total. The Hall–Kier alpha value is -5.08. The molecule has 0 saturated carbocycles. The maximum Gasteiger partial charge on any atom is 0.0467 e. The molecule has 0 spiro atoms. The van der Waals surface area contributed by atoms with Crippen LogP contribution in [0.1, 0.15) is 0 Å². The summed E-state index contributed by atoms with van der Waals surface area (Å²) >= 11 is 0. The molecule has 0 saturated heterocycles. The number of nitrogens with zero attached hydrogens (tertiary/aromatic N) is 1. The maximum absolute atomic E-state index is 3.53. The Morgan fingerprint density at radius 3 is 1.24 bits per heavy atom. The van der Waals surface area contributed by atoms with E-state index in [0.29, 0.717) is 0 Å². The normalized spacial score (nSPS) is 10.6. The lowest BCUT2D eigenvalue weighted by Gasteiger charge is -2.26. The van der Waals surface area contributed by atoms with Gasteiger partial charge < -0.3 is 10.2 Å². The van der Waals surface area contributed by atoms with E-state index in [1.54, 1.807) is 0 Å². The summed E-state index contributed by atoms with van der Waals surface area (Å²) in [5.41, 5.74) is 10.3. The Morgan fingerprint density at radius 1 is 0.316 bits per heavy atom. The first kappa shape index (κ1) is 23.3. The largest absolute Gasteiger partial charge is 0.356 e. The van der Waals surface area contributed by atoms with Crippen molar-refractivity contribution in [3.63, 3.8) is 0 Å². The van der Waals surface area contributed by atoms with Gasteiger partial charge in [-0.25, -0.2) is 0 Å². The molecule has 6 rings (SSSR count). The summed E-state index contributed by atoms with van der Waals surface area (Å²) in [5, 5.41) is 3.53. The number of para-hydroxylation sites is 2. The predicted molar refractivity (Wildman–Crippen MR) is 162 cm³/mol. The zero-order chi connectivity index (χ0) is 25.6. The fourth-order valence-corrected chi connectivity index (χ4v) is 4.72. The van der Waals surface area contributed by atoms with Crippen LogP contribution in [0.25, 0.3) is 22.3 Å². The first-order chi connectivity index (χ1) is 18.8. The number of rotatable bonds is 7. The second-order valence-corrected chi connectivity index (χ2v) is 9.20. The second-order valence-electron chi connectivity index (χ2n) is 9.20. The van der Waals surface area contributed by atoms with Crippen LogP contribution in [0.4, 0.5) is 28.4 Å². The Balaban J connectivity index is 1.23. The molecular formula is C36H28N2. The molecule has 0 heterocycles. The Bertz CT molecular complexity index is 1550. The average Bonchev–Trinajstić information content (AvgIpc) is 3.00. The molecule has 0 atom stereocenters. The van der Waals surface area contributed by atoms with Crippen LogP contribution >= 0.6 is 0 Å². The zero-order valence-electron chi connectivity index (χ0n) is 21.0. The molecule has 6 aromatic rings. The molecule has 0 amide bonds. The first-order valence-electron chi connectivity index (χ1n) is 12.9. The topological polar surface area (TPSA) is 15.3 Å². The SMILES string of the molecule is c1ccc(-c2ccc(Nc3ccc(-c4cccc(N(c5ccccc5)c5ccccc5)c4)cc3)cc2)cc1. The molecule has 1 N–H and O–H groups in total. The van der Waals surface area contributed by atoms with Crippen molar-refractivity contribution in [2.45, 2.75) is 0 Å². The van der Waals surface area contributed by atoms with Crippen molar-refractivity contribution >= 4 is 28.4 Å². The molecule has 0 bridgehead atoms. The van der Waals surface area contributed by atoms with Crippen molar-refractivity contribution in [1.29, 1.82) is 0 Å². The van der Waals surface area contributed by atoms with E-state index < -0.39 is 0 Å². The van der Waals surface area contributed by atoms with Crippen LogP contribution < -0.4 is 10.2 Å². The van der Waals surface area contributed by atoms with Crippen LogP contribution in [0.3, 0.4) is 0 Å². The summed E-state index contributed by atoms with van der Waals surface area (Å²) in [4.78, 5) is 2.29. The van der Waals surface area contributed by atoms with Crippen LogP contribution in [0.2, 0.25) is 0 Å². The summed E-state index contributed by atoms with van der Waals surface area (Å²) in [6.07, 6.45) is 0. The van der Waals surface area contributed by atoms with Crippen LogP contribution in [-0.2, 0) is 0 Å². The van der Waals surface area contributed by atoms with Gasteiger partial charge in [-0.15, -0.1) is 0 Å². The van der Waals surface area contributed by atoms with Gasteiger partial charge in [0, 0.05) is 28.4 Å². The van der Waals surface area contributed by atoms with E-state index in [0.717, 1.165) is 28.4 Å². The van der Waals surface area contributed by atoms with E-state index in [2.05, 4.69) is 168 Å². The van der Waals surface area contributed by atoms with Gasteiger partial charge in [0.25, 0.3) is 0 Å². The first-order valence-corrected chi connectivity index (χ1v) is 12.9. The number of nitrogens with one attached hydrogen (secondary N) is 1. The third-order valence-electron chi connectivity index (χ3n) is 6.63. The zero-order valence-corrected chi connectivity index (χ0v) is 21.0. The van der Waals surface area contributed by atoms with Crippen molar-refractivity contribution in [3.05, 3.63) is 164 Å². The van der Waals surface area contributed by atoms with Gasteiger partial charge in [0.15, 0.2) is 0 Å². The molecular weight excluding hydrogens is 460 g/mol. The molecule has 0 unspecified atom stereocenters. The molecule has 182 valence electrons. The van der Waals surface area contributed by atoms with Crippen molar-refractivity contribution in [2.75, 3.05) is 10.2 Å². The van der Waals surface area contributed by atoms with Crippen LogP contribution in [0.15, 0.2) is 164 Å². The molecule has 2 heteroatoms. The van der Waals surface area contributed by atoms with Gasteiger partial charge in [-0.3, -0.25) is 0 Å². The Labute approximate surface area is 224 Å². The highest BCUT2D eigenvalue weighted by Crippen LogP contribution is 2.36. The van der Waals surface area contributed by atoms with Gasteiger partial charge in [0.05, 0.1) is 0 Å². The van der Waals surface area contributed by atoms with Gasteiger partial charge in [-0.1, -0.05) is 103 Å². The molecule has 0 radical (unpaired) electrons. The van der Waals surface area contributed by atoms with E-state index in [9.17, 15) is 0 Å². The molecule has 0 fully saturated rings. The lowest BCUT2D eigenvalue weighted by molar-refractivity contribution is 1.28. The van der Waals surface area contributed by atoms with Crippen LogP contribution in [-0.4, -0.2) is 0 Å². The molecule has 0 aliphatic rings. The van der Waals surface area contributed by atoms with Crippen molar-refractivity contribution in [3.8, 4) is 22.3 Å². The summed E-state index contributed by atoms with van der Waals surface area (Å²) in [5.74, 6) is 0. The summed E-state index contributed by atoms with van der Waals surface area (Å²) in [6.45, 7) is 0. The lowest BCUT2D eigenvalue weighted by Crippen LogP contribution is -2.09. The van der Waals surface area contributed by atoms with Crippen LogP contribution in [0.5, 0.6) is 0 Å². The number of benzene rings is 6. The quantitative estimate of drug-likeness (QED) is 0.240. The fourth-order valence-electron chi connectivity index (χ4n) is 4.72. The van der Waals surface area contributed by atoms with E-state index in [-0.39, 0.29) is 0 Å². The highest BCUT2D eigenvalue weighted by atomic mass is 15.1. The minimum atomic E-state index is 1.06. The smallest absolute Gasteiger partial charge is 0.0467 e. The van der Waals surface area contributed by atoms with Gasteiger partial charge in [-0.2, -0.15) is 0 Å². The summed E-state index contributed by atoms with van der Waals surface area (Å²) in [7, 11) is 0. The molecule has 38 heavy (non-hydrogen) atoms. The van der Waals surface area contributed by atoms with Crippen molar-refractivity contribution in [2.24, 2.45) is 0 Å². The lowest BCUT2D eigenvalue weighted by atomic mass is 10.0. The minimum absolute atomic E-state index is 1.06. The number of hydrogen-bond acceptors (Lipinski definition) is 2. The standard InChI is InChI=1S/C36H28N2/c1-4-11-28(12-5-1)29-19-23-32(24-20-29)37-33-25-21-30(22-26-33)31-13-10-18-36(27-31)38(34-14-6-2-7-15-34)35-16-8-3-9-17-35/h1-27,37H. The van der Waals surface area contributed by atoms with Gasteiger partial charge in [-0.05, 0) is 82.9 Å². The third kappa shape index (κ3) is 5.21. The third-order valence-corrected chi connectivity index (χ3v) is 6.63. The maximum atomic E-state index is 3.53. The number of anilines is 5. The van der Waals surface area contributed by atoms with Gasteiger partial charge in [0.2, 0.25) is 0 Å². The van der Waals surface area contributed by atoms with E-state index in [1.807, 2.05) is 6.07 Å². The monoisotopic (exact) mass is 488 g/mol. The van der Waals surface area contributed by atoms with Gasteiger partial charge >= 0.3 is 0 Å². The fraction of sp³-hybridized carbons (Fsp3) is 0. The van der Waals surface area contributed by atoms with Crippen LogP contribution in [0, 0.1) is 0 Å². The van der Waals surface area contributed by atoms with Crippen molar-refractivity contribution < 1.29 is 0 Å². The van der Waals surface area contributed by atoms with Crippen molar-refractivity contribution in [1.82, 2.24) is 0 Å². The van der Waals surface area contributed by atoms with E-state index in [1.165, 1.54) is 22.3 Å². The van der Waals surface area contributed by atoms with E-state index >= 15 is 0 Å². The van der Waals surface area contributed by atoms with E-state index in [4.69, 9.17) is 0 Å².